The lowest BCUT2D eigenvalue weighted by atomic mass is 9.86. The Labute approximate surface area is 249 Å². The lowest BCUT2D eigenvalue weighted by Crippen LogP contribution is -2.47. The Morgan fingerprint density at radius 1 is 0.905 bits per heavy atom. The number of hydrogen-bond acceptors (Lipinski definition) is 4. The summed E-state index contributed by atoms with van der Waals surface area (Å²) >= 11 is 0. The van der Waals surface area contributed by atoms with E-state index in [4.69, 9.17) is 4.98 Å². The molecule has 1 atom stereocenters. The highest BCUT2D eigenvalue weighted by molar-refractivity contribution is 5.87. The number of urea groups is 1. The minimum atomic E-state index is -0.953. The fraction of sp³-hybridized carbons (Fsp3) is 0.457. The van der Waals surface area contributed by atoms with Gasteiger partial charge in [-0.15, -0.1) is 0 Å². The Hall–Kier alpha value is -3.71. The Kier molecular flexibility index (Phi) is 8.56. The molecule has 1 N–H and O–H groups in total. The molecule has 220 valence electrons. The number of piperidine rings is 1. The third-order valence-electron chi connectivity index (χ3n) is 9.54. The van der Waals surface area contributed by atoms with Crippen LogP contribution in [0.1, 0.15) is 95.3 Å². The van der Waals surface area contributed by atoms with E-state index in [1.807, 2.05) is 29.2 Å². The number of aromatic nitrogens is 1. The van der Waals surface area contributed by atoms with Crippen LogP contribution in [0.25, 0.3) is 0 Å². The maximum absolute atomic E-state index is 13.9. The smallest absolute Gasteiger partial charge is 0.335 e. The van der Waals surface area contributed by atoms with Crippen LogP contribution in [0, 0.1) is 6.92 Å². The van der Waals surface area contributed by atoms with Gasteiger partial charge in [-0.2, -0.15) is 0 Å². The first-order valence-electron chi connectivity index (χ1n) is 15.6. The number of benzene rings is 2. The second-order valence-electron chi connectivity index (χ2n) is 12.3. The van der Waals surface area contributed by atoms with Gasteiger partial charge >= 0.3 is 12.0 Å². The van der Waals surface area contributed by atoms with Crippen LogP contribution >= 0.6 is 0 Å². The van der Waals surface area contributed by atoms with Crippen molar-refractivity contribution in [1.82, 2.24) is 19.7 Å². The van der Waals surface area contributed by atoms with E-state index in [1.54, 1.807) is 18.2 Å². The third kappa shape index (κ3) is 6.21. The minimum absolute atomic E-state index is 0.0170. The number of likely N-dealkylation sites (tertiary alicyclic amines) is 1. The summed E-state index contributed by atoms with van der Waals surface area (Å²) in [7, 11) is 0. The number of carboxylic acids is 1. The number of aromatic carboxylic acids is 1. The number of amides is 2. The highest BCUT2D eigenvalue weighted by Gasteiger charge is 2.42. The van der Waals surface area contributed by atoms with Gasteiger partial charge in [-0.1, -0.05) is 67.8 Å². The summed E-state index contributed by atoms with van der Waals surface area (Å²) in [5.74, 6) is -0.329. The van der Waals surface area contributed by atoms with E-state index in [1.165, 1.54) is 43.4 Å². The Bertz CT molecular complexity index is 1400. The third-order valence-corrected chi connectivity index (χ3v) is 9.54. The standard InChI is InChI=1S/C35H42N4O3/c1-25-30(15-16-32(36-25)27-10-4-2-5-11-27)23-37-19-17-31(18-20-37)39-33(28-12-6-3-7-13-28)24-38(35(39)42)22-26-9-8-14-29(21-26)34(40)41/h3,6-9,12-16,21,27,31,33H,2,4-5,10-11,17-20,22-24H2,1H3,(H,40,41). The highest BCUT2D eigenvalue weighted by Crippen LogP contribution is 2.36. The quantitative estimate of drug-likeness (QED) is 0.325. The molecule has 2 aliphatic heterocycles. The Morgan fingerprint density at radius 2 is 1.67 bits per heavy atom. The van der Waals surface area contributed by atoms with E-state index in [9.17, 15) is 14.7 Å². The number of pyridine rings is 1. The lowest BCUT2D eigenvalue weighted by Gasteiger charge is -2.39. The van der Waals surface area contributed by atoms with Gasteiger partial charge in [0.2, 0.25) is 0 Å². The molecule has 0 spiro atoms. The largest absolute Gasteiger partial charge is 0.478 e. The topological polar surface area (TPSA) is 77.0 Å². The first-order valence-corrected chi connectivity index (χ1v) is 15.6. The van der Waals surface area contributed by atoms with Crippen LogP contribution in [0.5, 0.6) is 0 Å². The van der Waals surface area contributed by atoms with E-state index in [0.717, 1.165) is 49.3 Å². The molecule has 0 radical (unpaired) electrons. The number of hydrogen-bond donors (Lipinski definition) is 1. The molecule has 1 aliphatic carbocycles. The fourth-order valence-corrected chi connectivity index (χ4v) is 7.18. The molecule has 3 aliphatic rings. The zero-order chi connectivity index (χ0) is 29.1. The molecule has 3 heterocycles. The van der Waals surface area contributed by atoms with Gasteiger partial charge in [0.1, 0.15) is 0 Å². The van der Waals surface area contributed by atoms with Crippen molar-refractivity contribution in [3.63, 3.8) is 0 Å². The van der Waals surface area contributed by atoms with Crippen LogP contribution in [0.4, 0.5) is 4.79 Å². The van der Waals surface area contributed by atoms with E-state index < -0.39 is 5.97 Å². The number of carboxylic acid groups (broad SMARTS) is 1. The number of carbonyl (C=O) groups excluding carboxylic acids is 1. The molecule has 1 unspecified atom stereocenters. The van der Waals surface area contributed by atoms with Crippen molar-refractivity contribution in [2.75, 3.05) is 19.6 Å². The lowest BCUT2D eigenvalue weighted by molar-refractivity contribution is 0.0696. The van der Waals surface area contributed by atoms with E-state index in [0.29, 0.717) is 19.0 Å². The normalized spacial score (nSPS) is 20.8. The van der Waals surface area contributed by atoms with Gasteiger partial charge in [-0.25, -0.2) is 9.59 Å². The molecule has 7 nitrogen and oxygen atoms in total. The average molecular weight is 567 g/mol. The van der Waals surface area contributed by atoms with E-state index >= 15 is 0 Å². The number of nitrogens with zero attached hydrogens (tertiary/aromatic N) is 4. The fourth-order valence-electron chi connectivity index (χ4n) is 7.18. The van der Waals surface area contributed by atoms with Gasteiger partial charge in [0.15, 0.2) is 0 Å². The van der Waals surface area contributed by atoms with Crippen LogP contribution in [-0.4, -0.2) is 62.5 Å². The molecule has 7 heteroatoms. The molecule has 6 rings (SSSR count). The average Bonchev–Trinajstić information content (AvgIpc) is 3.34. The molecule has 1 aromatic heterocycles. The van der Waals surface area contributed by atoms with Crippen LogP contribution < -0.4 is 0 Å². The zero-order valence-corrected chi connectivity index (χ0v) is 24.6. The second-order valence-corrected chi connectivity index (χ2v) is 12.3. The van der Waals surface area contributed by atoms with Crippen molar-refractivity contribution in [3.8, 4) is 0 Å². The Morgan fingerprint density at radius 3 is 2.38 bits per heavy atom. The molecule has 2 saturated heterocycles. The SMILES string of the molecule is Cc1nc(C2CCCCC2)ccc1CN1CCC(N2C(=O)N(Cc3cccc(C(=O)O)c3)CC2c2ccccc2)CC1. The Balaban J connectivity index is 1.12. The molecule has 0 bridgehead atoms. The summed E-state index contributed by atoms with van der Waals surface area (Å²) in [5, 5.41) is 9.42. The molecule has 3 aromatic rings. The molecule has 2 amide bonds. The molecule has 2 aromatic carbocycles. The summed E-state index contributed by atoms with van der Waals surface area (Å²) in [6.07, 6.45) is 8.41. The van der Waals surface area contributed by atoms with Crippen molar-refractivity contribution < 1.29 is 14.7 Å². The van der Waals surface area contributed by atoms with E-state index in [2.05, 4.69) is 41.0 Å². The van der Waals surface area contributed by atoms with Crippen LogP contribution in [0.2, 0.25) is 0 Å². The maximum Gasteiger partial charge on any atom is 0.335 e. The van der Waals surface area contributed by atoms with Gasteiger partial charge in [0.05, 0.1) is 11.6 Å². The van der Waals surface area contributed by atoms with Gasteiger partial charge in [0.25, 0.3) is 0 Å². The predicted octanol–water partition coefficient (Wildman–Crippen LogP) is 6.78. The van der Waals surface area contributed by atoms with Crippen molar-refractivity contribution in [2.45, 2.75) is 83.0 Å². The van der Waals surface area contributed by atoms with Gasteiger partial charge in [-0.3, -0.25) is 9.88 Å². The van der Waals surface area contributed by atoms with Crippen LogP contribution in [0.15, 0.2) is 66.7 Å². The molecule has 42 heavy (non-hydrogen) atoms. The summed E-state index contributed by atoms with van der Waals surface area (Å²) in [5.41, 5.74) is 5.97. The monoisotopic (exact) mass is 566 g/mol. The van der Waals surface area contributed by atoms with E-state index in [-0.39, 0.29) is 23.7 Å². The van der Waals surface area contributed by atoms with Crippen molar-refractivity contribution in [2.24, 2.45) is 0 Å². The van der Waals surface area contributed by atoms with Gasteiger partial charge in [0, 0.05) is 56.1 Å². The van der Waals surface area contributed by atoms with Gasteiger partial charge in [-0.05, 0) is 67.5 Å². The number of rotatable bonds is 8. The summed E-state index contributed by atoms with van der Waals surface area (Å²) in [6, 6.07) is 22.0. The summed E-state index contributed by atoms with van der Waals surface area (Å²) in [4.78, 5) is 36.9. The number of carbonyl (C=O) groups is 2. The number of aryl methyl sites for hydroxylation is 1. The highest BCUT2D eigenvalue weighted by atomic mass is 16.4. The first-order chi connectivity index (χ1) is 20.5. The second kappa shape index (κ2) is 12.7. The van der Waals surface area contributed by atoms with Crippen molar-refractivity contribution in [3.05, 3.63) is 100 Å². The van der Waals surface area contributed by atoms with Crippen LogP contribution in [-0.2, 0) is 13.1 Å². The zero-order valence-electron chi connectivity index (χ0n) is 24.6. The van der Waals surface area contributed by atoms with Gasteiger partial charge < -0.3 is 14.9 Å². The predicted molar refractivity (Wildman–Crippen MR) is 163 cm³/mol. The molecular formula is C35H42N4O3. The summed E-state index contributed by atoms with van der Waals surface area (Å²) in [6.45, 7) is 5.95. The summed E-state index contributed by atoms with van der Waals surface area (Å²) < 4.78 is 0. The molecule has 1 saturated carbocycles. The molecular weight excluding hydrogens is 524 g/mol. The van der Waals surface area contributed by atoms with Crippen LogP contribution in [0.3, 0.4) is 0 Å². The van der Waals surface area contributed by atoms with Crippen molar-refractivity contribution >= 4 is 12.0 Å². The van der Waals surface area contributed by atoms with Crippen molar-refractivity contribution in [1.29, 1.82) is 0 Å². The maximum atomic E-state index is 13.9. The first kappa shape index (κ1) is 28.4. The minimum Gasteiger partial charge on any atom is -0.478 e. The molecule has 3 fully saturated rings.